The summed E-state index contributed by atoms with van der Waals surface area (Å²) in [5, 5.41) is 3.06. The molecule has 4 rings (SSSR count). The second-order valence-corrected chi connectivity index (χ2v) is 19.9. The van der Waals surface area contributed by atoms with Crippen LogP contribution in [0.1, 0.15) is 204 Å². The van der Waals surface area contributed by atoms with Crippen LogP contribution in [-0.4, -0.2) is 74.8 Å². The summed E-state index contributed by atoms with van der Waals surface area (Å²) in [5.74, 6) is 0. The molecule has 0 saturated carbocycles. The average Bonchev–Trinajstić information content (AvgIpc) is 3.22. The van der Waals surface area contributed by atoms with Crippen molar-refractivity contribution in [1.29, 1.82) is 0 Å². The number of fused-ring (bicyclic) bond motifs is 2. The Bertz CT molecular complexity index is 1900. The van der Waals surface area contributed by atoms with Crippen molar-refractivity contribution in [3.05, 3.63) is 82.9 Å². The number of hydrogen-bond donors (Lipinski definition) is 0. The van der Waals surface area contributed by atoms with Crippen LogP contribution in [0.5, 0.6) is 0 Å². The molecule has 0 aliphatic carbocycles. The zero-order chi connectivity index (χ0) is 43.6. The van der Waals surface area contributed by atoms with Crippen LogP contribution in [0, 0.1) is 0 Å². The number of rotatable bonds is 30. The van der Waals surface area contributed by atoms with Gasteiger partial charge in [0.25, 0.3) is 0 Å². The first-order chi connectivity index (χ1) is 28.9. The van der Waals surface area contributed by atoms with Crippen molar-refractivity contribution in [2.24, 2.45) is 0 Å². The van der Waals surface area contributed by atoms with Crippen molar-refractivity contribution >= 4 is 90.7 Å². The van der Waals surface area contributed by atoms with E-state index >= 15 is 0 Å². The molecule has 4 aromatic carbocycles. The summed E-state index contributed by atoms with van der Waals surface area (Å²) in [5.41, 5.74) is 4.28. The summed E-state index contributed by atoms with van der Waals surface area (Å²) in [7, 11) is -8.99. The zero-order valence-corrected chi connectivity index (χ0v) is 44.6. The van der Waals surface area contributed by atoms with Crippen molar-refractivity contribution in [3.63, 3.8) is 0 Å². The Morgan fingerprint density at radius 2 is 0.639 bits per heavy atom. The predicted molar refractivity (Wildman–Crippen MR) is 258 cm³/mol. The molecule has 0 amide bonds. The van der Waals surface area contributed by atoms with Gasteiger partial charge in [-0.3, -0.25) is 0 Å². The normalized spacial score (nSPS) is 11.8. The second kappa shape index (κ2) is 31.6. The molecule has 0 aliphatic heterocycles. The molecule has 61 heavy (non-hydrogen) atoms. The average molecular weight is 1000 g/mol. The van der Waals surface area contributed by atoms with Gasteiger partial charge in [0.1, 0.15) is 20.2 Å². The van der Waals surface area contributed by atoms with Crippen molar-refractivity contribution in [3.8, 4) is 0 Å². The molecule has 0 fully saturated rings. The molecule has 0 N–H and O–H groups in total. The first-order valence-corrected chi connectivity index (χ1v) is 26.8. The Hall–Kier alpha value is -1.21. The third-order valence-electron chi connectivity index (χ3n) is 12.0. The minimum atomic E-state index is -4.50. The van der Waals surface area contributed by atoms with Crippen LogP contribution in [0.3, 0.4) is 0 Å². The van der Waals surface area contributed by atoms with E-state index in [-0.39, 0.29) is 58.7 Å². The van der Waals surface area contributed by atoms with Crippen molar-refractivity contribution in [2.75, 3.05) is 0 Å². The van der Waals surface area contributed by atoms with Crippen LogP contribution in [0.25, 0.3) is 21.5 Å². The Morgan fingerprint density at radius 3 is 0.934 bits per heavy atom. The Morgan fingerprint density at radius 1 is 0.361 bits per heavy atom. The molecular weight excluding hydrogens is 922 g/mol. The molecule has 9 heteroatoms. The summed E-state index contributed by atoms with van der Waals surface area (Å²) >= 11 is 0. The van der Waals surface area contributed by atoms with Crippen molar-refractivity contribution in [2.45, 2.75) is 217 Å². The molecule has 0 spiro atoms. The van der Waals surface area contributed by atoms with Crippen molar-refractivity contribution in [1.82, 2.24) is 0 Å². The van der Waals surface area contributed by atoms with Gasteiger partial charge in [0.2, 0.25) is 0 Å². The monoisotopic (exact) mass is 1000 g/mol. The molecule has 0 radical (unpaired) electrons. The maximum Gasteiger partial charge on any atom is 2.00 e. The SMILES string of the molecule is CCCCCCCCc1cc(S(=O)(=O)[O-])c2cccc(CCCCCCCC)c2c1.CCCCCCCCc1cc(S(=O)(=O)[O-])c2cccc(CCCCCCCC)c2c1.[Ba+2]. The van der Waals surface area contributed by atoms with E-state index in [1.165, 1.54) is 116 Å². The van der Waals surface area contributed by atoms with Crippen LogP contribution >= 0.6 is 0 Å². The Labute approximate surface area is 412 Å². The fraction of sp³-hybridized carbons (Fsp3) is 0.615. The van der Waals surface area contributed by atoms with E-state index in [4.69, 9.17) is 0 Å². The molecule has 0 aliphatic rings. The molecule has 0 saturated heterocycles. The smallest absolute Gasteiger partial charge is 0.744 e. The fourth-order valence-corrected chi connectivity index (χ4v) is 9.98. The van der Waals surface area contributed by atoms with Gasteiger partial charge in [0, 0.05) is 0 Å². The van der Waals surface area contributed by atoms with Crippen molar-refractivity contribution < 1.29 is 25.9 Å². The van der Waals surface area contributed by atoms with Gasteiger partial charge in [0.05, 0.1) is 9.79 Å². The Balaban J connectivity index is 0.000000413. The van der Waals surface area contributed by atoms with Gasteiger partial charge in [0.15, 0.2) is 0 Å². The minimum absolute atomic E-state index is 0. The molecule has 6 nitrogen and oxygen atoms in total. The van der Waals surface area contributed by atoms with Crippen LogP contribution in [0.2, 0.25) is 0 Å². The van der Waals surface area contributed by atoms with Gasteiger partial charge < -0.3 is 9.11 Å². The van der Waals surface area contributed by atoms with Gasteiger partial charge in [-0.15, -0.1) is 0 Å². The van der Waals surface area contributed by atoms with E-state index in [9.17, 15) is 25.9 Å². The van der Waals surface area contributed by atoms with Gasteiger partial charge in [-0.2, -0.15) is 0 Å². The molecule has 0 heterocycles. The van der Waals surface area contributed by atoms with E-state index in [0.29, 0.717) is 10.8 Å². The molecule has 0 aromatic heterocycles. The number of aryl methyl sites for hydroxylation is 4. The molecule has 0 atom stereocenters. The summed E-state index contributed by atoms with van der Waals surface area (Å²) in [4.78, 5) is -0.100. The van der Waals surface area contributed by atoms with Crippen LogP contribution in [-0.2, 0) is 45.9 Å². The van der Waals surface area contributed by atoms with E-state index in [0.717, 1.165) is 97.2 Å². The van der Waals surface area contributed by atoms with Crippen LogP contribution < -0.4 is 0 Å². The topological polar surface area (TPSA) is 114 Å². The summed E-state index contributed by atoms with van der Waals surface area (Å²) in [6.07, 6.45) is 32.6. The summed E-state index contributed by atoms with van der Waals surface area (Å²) < 4.78 is 71.8. The van der Waals surface area contributed by atoms with E-state index in [1.54, 1.807) is 24.3 Å². The predicted octanol–water partition coefficient (Wildman–Crippen LogP) is 14.7. The zero-order valence-electron chi connectivity index (χ0n) is 38.5. The standard InChI is InChI=1S/2C26H40O3S.Ba/c2*1-3-5-7-9-11-13-16-22-20-25-23(17-14-12-10-8-6-4-2)18-15-19-24(25)26(21-22)30(27,28)29;/h2*15,18-21H,3-14,16-17H2,1-2H3,(H,27,28,29);/q;;+2/p-2. The minimum Gasteiger partial charge on any atom is -0.744 e. The third-order valence-corrected chi connectivity index (χ3v) is 13.7. The van der Waals surface area contributed by atoms with E-state index in [1.807, 2.05) is 12.1 Å². The second-order valence-electron chi connectivity index (χ2n) is 17.2. The number of unbranched alkanes of at least 4 members (excludes halogenated alkanes) is 20. The largest absolute Gasteiger partial charge is 2.00 e. The van der Waals surface area contributed by atoms with E-state index < -0.39 is 20.2 Å². The molecular formula is C52H78BaO6S2. The molecule has 4 aromatic rings. The number of hydrogen-bond acceptors (Lipinski definition) is 6. The first-order valence-electron chi connectivity index (χ1n) is 23.9. The first kappa shape index (κ1) is 55.9. The van der Waals surface area contributed by atoms with E-state index in [2.05, 4.69) is 52.0 Å². The van der Waals surface area contributed by atoms with Gasteiger partial charge in [-0.1, -0.05) is 205 Å². The summed E-state index contributed by atoms with van der Waals surface area (Å²) in [6.45, 7) is 8.87. The third kappa shape index (κ3) is 21.1. The maximum absolute atomic E-state index is 12.0. The van der Waals surface area contributed by atoms with Gasteiger partial charge >= 0.3 is 48.9 Å². The fourth-order valence-electron chi connectivity index (χ4n) is 8.49. The van der Waals surface area contributed by atoms with Crippen LogP contribution in [0.4, 0.5) is 0 Å². The van der Waals surface area contributed by atoms with Gasteiger partial charge in [-0.25, -0.2) is 16.8 Å². The van der Waals surface area contributed by atoms with Crippen LogP contribution in [0.15, 0.2) is 70.5 Å². The molecule has 0 unspecified atom stereocenters. The van der Waals surface area contributed by atoms with Gasteiger partial charge in [-0.05, 0) is 107 Å². The Kier molecular flexibility index (Phi) is 29.0. The molecule has 336 valence electrons. The maximum atomic E-state index is 12.0. The quantitative estimate of drug-likeness (QED) is 0.0292. The number of benzene rings is 4. The molecule has 0 bridgehead atoms. The summed E-state index contributed by atoms with van der Waals surface area (Å²) in [6, 6.07) is 19.0.